The van der Waals surface area contributed by atoms with Gasteiger partial charge in [0.1, 0.15) is 0 Å². The van der Waals surface area contributed by atoms with E-state index in [1.54, 1.807) is 6.20 Å². The van der Waals surface area contributed by atoms with Gasteiger partial charge < -0.3 is 5.32 Å². The molecule has 0 spiro atoms. The van der Waals surface area contributed by atoms with Crippen LogP contribution in [0.25, 0.3) is 0 Å². The van der Waals surface area contributed by atoms with Gasteiger partial charge in [-0.1, -0.05) is 39.3 Å². The Hall–Kier alpha value is -0.540. The first kappa shape index (κ1) is 13.9. The van der Waals surface area contributed by atoms with Crippen LogP contribution in [-0.2, 0) is 12.1 Å². The minimum Gasteiger partial charge on any atom is -0.306 e. The van der Waals surface area contributed by atoms with Crippen molar-refractivity contribution >= 4 is 11.6 Å². The Labute approximate surface area is 115 Å². The van der Waals surface area contributed by atoms with Gasteiger partial charge in [-0.15, -0.1) is 0 Å². The topological polar surface area (TPSA) is 29.9 Å². The normalized spacial score (nSPS) is 24.7. The number of hydrogen-bond acceptors (Lipinski definition) is 2. The molecule has 0 aromatic carbocycles. The van der Waals surface area contributed by atoms with Crippen LogP contribution in [0.5, 0.6) is 0 Å². The fourth-order valence-corrected chi connectivity index (χ4v) is 3.41. The molecule has 1 atom stereocenters. The molecule has 2 heterocycles. The standard InChI is InChI=1S/C14H24ClN3/c1-5-9-18-12(11(15)10-17-18)14(13(2,3)4)7-6-8-16-14/h10,16H,5-9H2,1-4H3. The summed E-state index contributed by atoms with van der Waals surface area (Å²) >= 11 is 6.43. The van der Waals surface area contributed by atoms with Crippen LogP contribution in [0, 0.1) is 5.41 Å². The third-order valence-corrected chi connectivity index (χ3v) is 4.35. The Kier molecular flexibility index (Phi) is 3.75. The van der Waals surface area contributed by atoms with E-state index in [4.69, 9.17) is 11.6 Å². The second-order valence-corrected chi connectivity index (χ2v) is 6.66. The lowest BCUT2D eigenvalue weighted by molar-refractivity contribution is 0.148. The van der Waals surface area contributed by atoms with Crippen molar-refractivity contribution in [2.75, 3.05) is 6.54 Å². The smallest absolute Gasteiger partial charge is 0.0837 e. The van der Waals surface area contributed by atoms with Gasteiger partial charge in [0.2, 0.25) is 0 Å². The maximum absolute atomic E-state index is 6.43. The van der Waals surface area contributed by atoms with Crippen LogP contribution in [0.1, 0.15) is 52.7 Å². The van der Waals surface area contributed by atoms with Crippen LogP contribution in [0.3, 0.4) is 0 Å². The highest BCUT2D eigenvalue weighted by Crippen LogP contribution is 2.47. The summed E-state index contributed by atoms with van der Waals surface area (Å²) in [6.45, 7) is 11.0. The van der Waals surface area contributed by atoms with Crippen molar-refractivity contribution in [3.63, 3.8) is 0 Å². The highest BCUT2D eigenvalue weighted by atomic mass is 35.5. The largest absolute Gasteiger partial charge is 0.306 e. The zero-order valence-corrected chi connectivity index (χ0v) is 12.6. The van der Waals surface area contributed by atoms with Gasteiger partial charge in [-0.3, -0.25) is 4.68 Å². The summed E-state index contributed by atoms with van der Waals surface area (Å²) in [5.41, 5.74) is 1.25. The van der Waals surface area contributed by atoms with Crippen molar-refractivity contribution in [3.05, 3.63) is 16.9 Å². The van der Waals surface area contributed by atoms with Crippen molar-refractivity contribution in [3.8, 4) is 0 Å². The first-order chi connectivity index (χ1) is 8.42. The Morgan fingerprint density at radius 1 is 1.50 bits per heavy atom. The molecule has 4 heteroatoms. The third kappa shape index (κ3) is 2.08. The molecule has 1 saturated heterocycles. The molecule has 0 bridgehead atoms. The molecule has 1 N–H and O–H groups in total. The Bertz CT molecular complexity index is 411. The number of rotatable bonds is 3. The Balaban J connectivity index is 2.53. The zero-order chi connectivity index (χ0) is 13.4. The molecule has 1 aromatic rings. The highest BCUT2D eigenvalue weighted by Gasteiger charge is 2.48. The lowest BCUT2D eigenvalue weighted by Gasteiger charge is -2.42. The molecule has 1 fully saturated rings. The van der Waals surface area contributed by atoms with Gasteiger partial charge in [0, 0.05) is 6.54 Å². The monoisotopic (exact) mass is 269 g/mol. The fourth-order valence-electron chi connectivity index (χ4n) is 3.11. The average molecular weight is 270 g/mol. The fraction of sp³-hybridized carbons (Fsp3) is 0.786. The van der Waals surface area contributed by atoms with E-state index in [-0.39, 0.29) is 11.0 Å². The van der Waals surface area contributed by atoms with E-state index in [0.29, 0.717) is 0 Å². The van der Waals surface area contributed by atoms with E-state index in [2.05, 4.69) is 42.8 Å². The van der Waals surface area contributed by atoms with E-state index < -0.39 is 0 Å². The Morgan fingerprint density at radius 3 is 2.72 bits per heavy atom. The van der Waals surface area contributed by atoms with Crippen LogP contribution in [0.2, 0.25) is 5.02 Å². The summed E-state index contributed by atoms with van der Waals surface area (Å²) in [6.07, 6.45) is 5.20. The van der Waals surface area contributed by atoms with Gasteiger partial charge in [0.15, 0.2) is 0 Å². The van der Waals surface area contributed by atoms with Crippen molar-refractivity contribution in [1.29, 1.82) is 0 Å². The summed E-state index contributed by atoms with van der Waals surface area (Å²) in [4.78, 5) is 0. The molecule has 0 saturated carbocycles. The molecule has 0 amide bonds. The summed E-state index contributed by atoms with van der Waals surface area (Å²) in [6, 6.07) is 0. The van der Waals surface area contributed by atoms with Crippen LogP contribution < -0.4 is 5.32 Å². The predicted molar refractivity (Wildman–Crippen MR) is 75.9 cm³/mol. The van der Waals surface area contributed by atoms with Gasteiger partial charge in [0.05, 0.1) is 22.5 Å². The molecular weight excluding hydrogens is 246 g/mol. The number of halogens is 1. The van der Waals surface area contributed by atoms with Crippen LogP contribution >= 0.6 is 11.6 Å². The van der Waals surface area contributed by atoms with E-state index in [0.717, 1.165) is 31.0 Å². The molecule has 1 aromatic heterocycles. The molecule has 102 valence electrons. The van der Waals surface area contributed by atoms with Crippen molar-refractivity contribution in [2.45, 2.75) is 59.0 Å². The highest BCUT2D eigenvalue weighted by molar-refractivity contribution is 6.31. The summed E-state index contributed by atoms with van der Waals surface area (Å²) in [5, 5.41) is 8.96. The van der Waals surface area contributed by atoms with E-state index >= 15 is 0 Å². The molecule has 3 nitrogen and oxygen atoms in total. The van der Waals surface area contributed by atoms with E-state index in [1.807, 2.05) is 0 Å². The van der Waals surface area contributed by atoms with Crippen LogP contribution in [-0.4, -0.2) is 16.3 Å². The molecule has 0 aliphatic carbocycles. The van der Waals surface area contributed by atoms with Gasteiger partial charge in [-0.25, -0.2) is 0 Å². The maximum atomic E-state index is 6.43. The van der Waals surface area contributed by atoms with E-state index in [9.17, 15) is 0 Å². The zero-order valence-electron chi connectivity index (χ0n) is 11.9. The van der Waals surface area contributed by atoms with Gasteiger partial charge in [-0.2, -0.15) is 5.10 Å². The predicted octanol–water partition coefficient (Wildman–Crippen LogP) is 3.57. The van der Waals surface area contributed by atoms with Crippen molar-refractivity contribution in [1.82, 2.24) is 15.1 Å². The number of nitrogens with zero attached hydrogens (tertiary/aromatic N) is 2. The second-order valence-electron chi connectivity index (χ2n) is 6.25. The van der Waals surface area contributed by atoms with Crippen molar-refractivity contribution in [2.24, 2.45) is 5.41 Å². The van der Waals surface area contributed by atoms with E-state index in [1.165, 1.54) is 12.1 Å². The van der Waals surface area contributed by atoms with Crippen LogP contribution in [0.4, 0.5) is 0 Å². The minimum atomic E-state index is -0.0459. The number of aromatic nitrogens is 2. The van der Waals surface area contributed by atoms with Gasteiger partial charge in [-0.05, 0) is 31.2 Å². The second kappa shape index (κ2) is 4.86. The molecule has 1 aliphatic rings. The summed E-state index contributed by atoms with van der Waals surface area (Å²) in [5.74, 6) is 0. The molecular formula is C14H24ClN3. The molecule has 0 radical (unpaired) electrons. The number of aryl methyl sites for hydroxylation is 1. The lowest BCUT2D eigenvalue weighted by Crippen LogP contribution is -2.49. The Morgan fingerprint density at radius 2 is 2.22 bits per heavy atom. The van der Waals surface area contributed by atoms with Crippen LogP contribution in [0.15, 0.2) is 6.20 Å². The van der Waals surface area contributed by atoms with Gasteiger partial charge in [0.25, 0.3) is 0 Å². The lowest BCUT2D eigenvalue weighted by atomic mass is 9.70. The number of hydrogen-bond donors (Lipinski definition) is 1. The SMILES string of the molecule is CCCn1ncc(Cl)c1C1(C(C)(C)C)CCCN1. The average Bonchev–Trinajstić information content (AvgIpc) is 2.86. The molecule has 1 aliphatic heterocycles. The summed E-state index contributed by atoms with van der Waals surface area (Å²) < 4.78 is 2.09. The first-order valence-corrected chi connectivity index (χ1v) is 7.27. The maximum Gasteiger partial charge on any atom is 0.0837 e. The molecule has 18 heavy (non-hydrogen) atoms. The molecule has 1 unspecified atom stereocenters. The third-order valence-electron chi connectivity index (χ3n) is 4.07. The van der Waals surface area contributed by atoms with Gasteiger partial charge >= 0.3 is 0 Å². The molecule has 2 rings (SSSR count). The summed E-state index contributed by atoms with van der Waals surface area (Å²) in [7, 11) is 0. The number of nitrogens with one attached hydrogen (secondary N) is 1. The minimum absolute atomic E-state index is 0.0459. The quantitative estimate of drug-likeness (QED) is 0.909. The van der Waals surface area contributed by atoms with Crippen molar-refractivity contribution < 1.29 is 0 Å². The first-order valence-electron chi connectivity index (χ1n) is 6.89.